The Morgan fingerprint density at radius 1 is 1.11 bits per heavy atom. The summed E-state index contributed by atoms with van der Waals surface area (Å²) in [6, 6.07) is -0.748. The fraction of sp³-hybridized carbons (Fsp3) is 0.846. The van der Waals surface area contributed by atoms with Crippen LogP contribution in [0.3, 0.4) is 0 Å². The number of amides is 1. The first-order chi connectivity index (χ1) is 8.68. The van der Waals surface area contributed by atoms with Gasteiger partial charge in [-0.1, -0.05) is 19.3 Å². The SMILES string of the molecule is O=C(N[C@@H](C(=O)O)C1CCCCC1)[C@H]1CCCO1. The smallest absolute Gasteiger partial charge is 0.326 e. The number of carbonyl (C=O) groups excluding carboxylic acids is 1. The summed E-state index contributed by atoms with van der Waals surface area (Å²) >= 11 is 0. The molecule has 1 aliphatic heterocycles. The van der Waals surface area contributed by atoms with Crippen LogP contribution in [0.2, 0.25) is 0 Å². The highest BCUT2D eigenvalue weighted by atomic mass is 16.5. The predicted octanol–water partition coefficient (Wildman–Crippen LogP) is 1.32. The first-order valence-electron chi connectivity index (χ1n) is 6.83. The largest absolute Gasteiger partial charge is 0.480 e. The molecule has 1 saturated heterocycles. The Labute approximate surface area is 107 Å². The molecule has 2 atom stereocenters. The Morgan fingerprint density at radius 3 is 2.39 bits per heavy atom. The second kappa shape index (κ2) is 6.18. The number of hydrogen-bond donors (Lipinski definition) is 2. The maximum absolute atomic E-state index is 11.9. The average molecular weight is 255 g/mol. The first-order valence-corrected chi connectivity index (χ1v) is 6.83. The molecule has 2 fully saturated rings. The van der Waals surface area contributed by atoms with Gasteiger partial charge in [-0.3, -0.25) is 4.79 Å². The van der Waals surface area contributed by atoms with E-state index in [2.05, 4.69) is 5.32 Å². The summed E-state index contributed by atoms with van der Waals surface area (Å²) in [5, 5.41) is 11.9. The molecule has 5 heteroatoms. The van der Waals surface area contributed by atoms with Gasteiger partial charge >= 0.3 is 5.97 Å². The third-order valence-corrected chi connectivity index (χ3v) is 3.91. The van der Waals surface area contributed by atoms with Crippen LogP contribution in [0.4, 0.5) is 0 Å². The number of carboxylic acids is 1. The highest BCUT2D eigenvalue weighted by Gasteiger charge is 2.33. The monoisotopic (exact) mass is 255 g/mol. The third kappa shape index (κ3) is 3.22. The zero-order valence-corrected chi connectivity index (χ0v) is 10.6. The van der Waals surface area contributed by atoms with Gasteiger partial charge < -0.3 is 15.2 Å². The molecule has 18 heavy (non-hydrogen) atoms. The van der Waals surface area contributed by atoms with Crippen LogP contribution < -0.4 is 5.32 Å². The van der Waals surface area contributed by atoms with Gasteiger partial charge in [0.15, 0.2) is 0 Å². The highest BCUT2D eigenvalue weighted by molar-refractivity contribution is 5.86. The lowest BCUT2D eigenvalue weighted by molar-refractivity contribution is -0.145. The zero-order valence-electron chi connectivity index (χ0n) is 10.6. The van der Waals surface area contributed by atoms with E-state index in [0.717, 1.165) is 32.1 Å². The molecule has 2 aliphatic rings. The molecule has 1 heterocycles. The predicted molar refractivity (Wildman–Crippen MR) is 65.1 cm³/mol. The lowest BCUT2D eigenvalue weighted by Crippen LogP contribution is -2.49. The van der Waals surface area contributed by atoms with Gasteiger partial charge in [-0.25, -0.2) is 4.79 Å². The van der Waals surface area contributed by atoms with E-state index in [0.29, 0.717) is 13.0 Å². The minimum absolute atomic E-state index is 0.0709. The van der Waals surface area contributed by atoms with Crippen molar-refractivity contribution in [2.75, 3.05) is 6.61 Å². The second-order valence-electron chi connectivity index (χ2n) is 5.22. The molecule has 2 N–H and O–H groups in total. The Kier molecular flexibility index (Phi) is 4.58. The van der Waals surface area contributed by atoms with E-state index in [9.17, 15) is 14.7 Å². The van der Waals surface area contributed by atoms with Crippen molar-refractivity contribution < 1.29 is 19.4 Å². The summed E-state index contributed by atoms with van der Waals surface area (Å²) in [6.07, 6.45) is 6.19. The summed E-state index contributed by atoms with van der Waals surface area (Å²) in [5.41, 5.74) is 0. The minimum atomic E-state index is -0.923. The van der Waals surface area contributed by atoms with Crippen LogP contribution >= 0.6 is 0 Å². The molecule has 0 bridgehead atoms. The van der Waals surface area contributed by atoms with Crippen molar-refractivity contribution in [2.24, 2.45) is 5.92 Å². The van der Waals surface area contributed by atoms with Crippen molar-refractivity contribution in [1.29, 1.82) is 0 Å². The van der Waals surface area contributed by atoms with Crippen molar-refractivity contribution in [3.05, 3.63) is 0 Å². The van der Waals surface area contributed by atoms with Crippen LogP contribution in [0.25, 0.3) is 0 Å². The molecule has 2 rings (SSSR count). The number of carbonyl (C=O) groups is 2. The Hall–Kier alpha value is -1.10. The molecule has 5 nitrogen and oxygen atoms in total. The fourth-order valence-corrected chi connectivity index (χ4v) is 2.88. The number of rotatable bonds is 4. The number of ether oxygens (including phenoxy) is 1. The second-order valence-corrected chi connectivity index (χ2v) is 5.22. The minimum Gasteiger partial charge on any atom is -0.480 e. The number of nitrogens with one attached hydrogen (secondary N) is 1. The molecule has 1 aliphatic carbocycles. The Morgan fingerprint density at radius 2 is 1.83 bits per heavy atom. The average Bonchev–Trinajstić information content (AvgIpc) is 2.90. The summed E-state index contributed by atoms with van der Waals surface area (Å²) in [5.74, 6) is -1.11. The van der Waals surface area contributed by atoms with Crippen LogP contribution in [-0.2, 0) is 14.3 Å². The van der Waals surface area contributed by atoms with E-state index >= 15 is 0 Å². The van der Waals surface area contributed by atoms with Crippen LogP contribution in [-0.4, -0.2) is 35.7 Å². The van der Waals surface area contributed by atoms with Crippen molar-refractivity contribution >= 4 is 11.9 Å². The molecule has 0 unspecified atom stereocenters. The first kappa shape index (κ1) is 13.3. The van der Waals surface area contributed by atoms with Gasteiger partial charge in [-0.05, 0) is 31.6 Å². The summed E-state index contributed by atoms with van der Waals surface area (Å²) in [4.78, 5) is 23.2. The molecule has 1 saturated carbocycles. The lowest BCUT2D eigenvalue weighted by atomic mass is 9.84. The molecule has 0 aromatic rings. The molecule has 0 spiro atoms. The van der Waals surface area contributed by atoms with Gasteiger partial charge in [-0.2, -0.15) is 0 Å². The van der Waals surface area contributed by atoms with Gasteiger partial charge in [0, 0.05) is 6.61 Å². The van der Waals surface area contributed by atoms with Gasteiger partial charge in [0.25, 0.3) is 0 Å². The maximum Gasteiger partial charge on any atom is 0.326 e. The number of aliphatic carboxylic acids is 1. The fourth-order valence-electron chi connectivity index (χ4n) is 2.88. The van der Waals surface area contributed by atoms with Crippen LogP contribution in [0.5, 0.6) is 0 Å². The maximum atomic E-state index is 11.9. The highest BCUT2D eigenvalue weighted by Crippen LogP contribution is 2.27. The zero-order chi connectivity index (χ0) is 13.0. The van der Waals surface area contributed by atoms with Crippen LogP contribution in [0.1, 0.15) is 44.9 Å². The molecule has 0 radical (unpaired) electrons. The molecular formula is C13H21NO4. The van der Waals surface area contributed by atoms with E-state index in [1.165, 1.54) is 6.42 Å². The lowest BCUT2D eigenvalue weighted by Gasteiger charge is -2.28. The molecule has 0 aromatic heterocycles. The van der Waals surface area contributed by atoms with Crippen molar-refractivity contribution in [3.8, 4) is 0 Å². The summed E-state index contributed by atoms with van der Waals surface area (Å²) in [6.45, 7) is 0.596. The summed E-state index contributed by atoms with van der Waals surface area (Å²) < 4.78 is 5.28. The van der Waals surface area contributed by atoms with Crippen molar-refractivity contribution in [1.82, 2.24) is 5.32 Å². The molecule has 1 amide bonds. The molecular weight excluding hydrogens is 234 g/mol. The quantitative estimate of drug-likeness (QED) is 0.794. The van der Waals surface area contributed by atoms with Gasteiger partial charge in [0.05, 0.1) is 0 Å². The summed E-state index contributed by atoms with van der Waals surface area (Å²) in [7, 11) is 0. The Balaban J connectivity index is 1.92. The van der Waals surface area contributed by atoms with E-state index < -0.39 is 18.1 Å². The van der Waals surface area contributed by atoms with Crippen LogP contribution in [0, 0.1) is 5.92 Å². The van der Waals surface area contributed by atoms with E-state index in [1.807, 2.05) is 0 Å². The standard InChI is InChI=1S/C13H21NO4/c15-12(10-7-4-8-18-10)14-11(13(16)17)9-5-2-1-3-6-9/h9-11H,1-8H2,(H,14,15)(H,16,17)/t10-,11-/m1/s1. The van der Waals surface area contributed by atoms with E-state index in [-0.39, 0.29) is 11.8 Å². The van der Waals surface area contributed by atoms with Gasteiger partial charge in [0.2, 0.25) is 5.91 Å². The van der Waals surface area contributed by atoms with Gasteiger partial charge in [0.1, 0.15) is 12.1 Å². The van der Waals surface area contributed by atoms with Crippen molar-refractivity contribution in [3.63, 3.8) is 0 Å². The third-order valence-electron chi connectivity index (χ3n) is 3.91. The number of carboxylic acid groups (broad SMARTS) is 1. The normalized spacial score (nSPS) is 26.8. The van der Waals surface area contributed by atoms with Gasteiger partial charge in [-0.15, -0.1) is 0 Å². The van der Waals surface area contributed by atoms with Crippen molar-refractivity contribution in [2.45, 2.75) is 57.1 Å². The topological polar surface area (TPSA) is 75.6 Å². The number of hydrogen-bond acceptors (Lipinski definition) is 3. The van der Waals surface area contributed by atoms with Crippen LogP contribution in [0.15, 0.2) is 0 Å². The molecule has 0 aromatic carbocycles. The Bertz CT molecular complexity index is 306. The van der Waals surface area contributed by atoms with E-state index in [4.69, 9.17) is 4.74 Å². The van der Waals surface area contributed by atoms with E-state index in [1.54, 1.807) is 0 Å². The molecule has 102 valence electrons.